The Hall–Kier alpha value is -2.91. The molecule has 3 aliphatic rings. The van der Waals surface area contributed by atoms with Crippen LogP contribution in [0.5, 0.6) is 0 Å². The summed E-state index contributed by atoms with van der Waals surface area (Å²) < 4.78 is 2.40. The number of aromatic nitrogens is 4. The van der Waals surface area contributed by atoms with Gasteiger partial charge in [0.2, 0.25) is 5.95 Å². The third-order valence-electron chi connectivity index (χ3n) is 9.86. The molecule has 2 aromatic heterocycles. The molecule has 10 nitrogen and oxygen atoms in total. The number of amides is 1. The summed E-state index contributed by atoms with van der Waals surface area (Å²) in [7, 11) is 0. The van der Waals surface area contributed by atoms with Crippen molar-refractivity contribution in [3.05, 3.63) is 5.82 Å². The summed E-state index contributed by atoms with van der Waals surface area (Å²) in [5.74, 6) is 4.17. The van der Waals surface area contributed by atoms with Gasteiger partial charge in [-0.05, 0) is 82.0 Å². The Morgan fingerprint density at radius 1 is 1.02 bits per heavy atom. The van der Waals surface area contributed by atoms with Crippen molar-refractivity contribution >= 4 is 34.9 Å². The van der Waals surface area contributed by atoms with Crippen LogP contribution in [-0.4, -0.2) is 55.2 Å². The Kier molecular flexibility index (Phi) is 9.34. The quantitative estimate of drug-likeness (QED) is 0.221. The van der Waals surface area contributed by atoms with Crippen molar-refractivity contribution in [1.29, 1.82) is 0 Å². The van der Waals surface area contributed by atoms with E-state index in [4.69, 9.17) is 20.7 Å². The molecular weight excluding hydrogens is 516 g/mol. The Bertz CT molecular complexity index is 1230. The van der Waals surface area contributed by atoms with Gasteiger partial charge in [0.25, 0.3) is 0 Å². The first-order valence-electron chi connectivity index (χ1n) is 16.1. The van der Waals surface area contributed by atoms with Crippen LogP contribution in [0, 0.1) is 23.7 Å². The highest BCUT2D eigenvalue weighted by atomic mass is 16.4. The fourth-order valence-electron chi connectivity index (χ4n) is 7.19. The van der Waals surface area contributed by atoms with Crippen LogP contribution in [0.2, 0.25) is 0 Å². The fourth-order valence-corrected chi connectivity index (χ4v) is 7.19. The minimum absolute atomic E-state index is 0.111. The summed E-state index contributed by atoms with van der Waals surface area (Å²) in [5, 5.41) is 13.0. The molecule has 3 fully saturated rings. The van der Waals surface area contributed by atoms with Gasteiger partial charge in [0.05, 0.1) is 0 Å². The summed E-state index contributed by atoms with van der Waals surface area (Å²) in [4.78, 5) is 32.1. The number of amidine groups is 1. The molecule has 1 amide bonds. The summed E-state index contributed by atoms with van der Waals surface area (Å²) in [6.07, 6.45) is 13.3. The minimum Gasteiger partial charge on any atom is -0.463 e. The Morgan fingerprint density at radius 3 is 2.39 bits per heavy atom. The van der Waals surface area contributed by atoms with Crippen molar-refractivity contribution in [2.75, 3.05) is 16.8 Å². The number of anilines is 2. The molecular formula is C31H50N8O2. The second-order valence-electron chi connectivity index (χ2n) is 13.3. The standard InChI is InChI=1S/C31H50N8O2/c1-5-21-12-14-22(15-13-21)18-39-25-27(33-20(4)23-9-8-10-23)35-29(26(32)34-31(40)41)36-28(25)37-30(39)38-16-7-6-11-24(38)17-19(2)3/h19-24H,5-18H2,1-4H3,(H2,32,34)(H,40,41)(H,33,35,36)/t20-,21?,22?,24?/m1/s1. The Morgan fingerprint density at radius 2 is 1.76 bits per heavy atom. The number of imidazole rings is 1. The van der Waals surface area contributed by atoms with Crippen molar-refractivity contribution in [3.63, 3.8) is 0 Å². The number of nitrogens with two attached hydrogens (primary N) is 1. The monoisotopic (exact) mass is 566 g/mol. The molecule has 2 atom stereocenters. The zero-order chi connectivity index (χ0) is 29.1. The Labute approximate surface area is 244 Å². The Balaban J connectivity index is 1.62. The lowest BCUT2D eigenvalue weighted by Crippen LogP contribution is -2.42. The van der Waals surface area contributed by atoms with Gasteiger partial charge in [0.1, 0.15) is 5.52 Å². The summed E-state index contributed by atoms with van der Waals surface area (Å²) >= 11 is 0. The molecule has 10 heteroatoms. The number of rotatable bonds is 10. The number of piperidine rings is 1. The maximum Gasteiger partial charge on any atom is 0.433 e. The van der Waals surface area contributed by atoms with Crippen LogP contribution in [0.4, 0.5) is 16.6 Å². The summed E-state index contributed by atoms with van der Waals surface area (Å²) in [5.41, 5.74) is 7.57. The van der Waals surface area contributed by atoms with E-state index in [2.05, 4.69) is 47.5 Å². The normalized spacial score (nSPS) is 25.0. The van der Waals surface area contributed by atoms with E-state index in [9.17, 15) is 9.90 Å². The molecule has 3 heterocycles. The predicted molar refractivity (Wildman–Crippen MR) is 165 cm³/mol. The van der Waals surface area contributed by atoms with Gasteiger partial charge < -0.3 is 25.6 Å². The largest absolute Gasteiger partial charge is 0.463 e. The number of hydrogen-bond acceptors (Lipinski definition) is 6. The van der Waals surface area contributed by atoms with E-state index in [-0.39, 0.29) is 17.7 Å². The number of nitrogens with zero attached hydrogens (tertiary/aromatic N) is 6. The topological polar surface area (TPSA) is 135 Å². The van der Waals surface area contributed by atoms with Crippen molar-refractivity contribution in [3.8, 4) is 0 Å². The smallest absolute Gasteiger partial charge is 0.433 e. The minimum atomic E-state index is -1.36. The second-order valence-corrected chi connectivity index (χ2v) is 13.3. The van der Waals surface area contributed by atoms with E-state index >= 15 is 0 Å². The molecule has 0 radical (unpaired) electrons. The number of nitrogens with one attached hydrogen (secondary N) is 1. The SMILES string of the molecule is CCC1CCC(Cn2c(N3CCCCC3CC(C)C)nc3nc(/C(N)=N/C(=O)O)nc(N[C@H](C)C4CCC4)c32)CC1. The summed E-state index contributed by atoms with van der Waals surface area (Å²) in [6, 6.07) is 0.661. The molecule has 226 valence electrons. The van der Waals surface area contributed by atoms with E-state index in [0.29, 0.717) is 35.3 Å². The van der Waals surface area contributed by atoms with Crippen molar-refractivity contribution < 1.29 is 9.90 Å². The molecule has 1 unspecified atom stereocenters. The molecule has 1 aliphatic heterocycles. The molecule has 41 heavy (non-hydrogen) atoms. The van der Waals surface area contributed by atoms with Crippen molar-refractivity contribution in [2.24, 2.45) is 34.4 Å². The first-order valence-corrected chi connectivity index (χ1v) is 16.1. The van der Waals surface area contributed by atoms with E-state index in [0.717, 1.165) is 43.3 Å². The number of carboxylic acid groups (broad SMARTS) is 1. The number of aliphatic imine (C=N–C) groups is 1. The maximum atomic E-state index is 11.3. The highest BCUT2D eigenvalue weighted by Gasteiger charge is 2.32. The molecule has 1 saturated heterocycles. The average molecular weight is 567 g/mol. The highest BCUT2D eigenvalue weighted by molar-refractivity contribution is 6.01. The van der Waals surface area contributed by atoms with E-state index in [1.165, 1.54) is 64.2 Å². The molecule has 2 aliphatic carbocycles. The van der Waals surface area contributed by atoms with E-state index in [1.54, 1.807) is 0 Å². The van der Waals surface area contributed by atoms with Gasteiger partial charge in [-0.2, -0.15) is 9.98 Å². The molecule has 2 aromatic rings. The average Bonchev–Trinajstić information content (AvgIpc) is 3.25. The van der Waals surface area contributed by atoms with Crippen molar-refractivity contribution in [1.82, 2.24) is 19.5 Å². The zero-order valence-electron chi connectivity index (χ0n) is 25.5. The fraction of sp³-hybridized carbons (Fsp3) is 0.774. The number of carbonyl (C=O) groups is 1. The van der Waals surface area contributed by atoms with Crippen LogP contribution in [0.3, 0.4) is 0 Å². The lowest BCUT2D eigenvalue weighted by molar-refractivity contribution is 0.205. The van der Waals surface area contributed by atoms with Gasteiger partial charge in [-0.25, -0.2) is 14.8 Å². The van der Waals surface area contributed by atoms with Gasteiger partial charge in [-0.1, -0.05) is 46.5 Å². The lowest BCUT2D eigenvalue weighted by atomic mass is 9.80. The molecule has 5 rings (SSSR count). The van der Waals surface area contributed by atoms with Gasteiger partial charge in [-0.15, -0.1) is 0 Å². The number of hydrogen-bond donors (Lipinski definition) is 3. The van der Waals surface area contributed by atoms with Gasteiger partial charge in [0.15, 0.2) is 23.1 Å². The maximum absolute atomic E-state index is 11.3. The van der Waals surface area contributed by atoms with Crippen LogP contribution in [0.15, 0.2) is 4.99 Å². The molecule has 2 saturated carbocycles. The first-order chi connectivity index (χ1) is 19.7. The van der Waals surface area contributed by atoms with Crippen LogP contribution in [0.1, 0.15) is 111 Å². The van der Waals surface area contributed by atoms with E-state index < -0.39 is 6.09 Å². The number of fused-ring (bicyclic) bond motifs is 1. The lowest BCUT2D eigenvalue weighted by Gasteiger charge is -2.38. The molecule has 0 spiro atoms. The van der Waals surface area contributed by atoms with E-state index in [1.807, 2.05) is 0 Å². The van der Waals surface area contributed by atoms with Gasteiger partial charge in [-0.3, -0.25) is 0 Å². The van der Waals surface area contributed by atoms with Gasteiger partial charge in [0, 0.05) is 25.2 Å². The zero-order valence-corrected chi connectivity index (χ0v) is 25.5. The van der Waals surface area contributed by atoms with Crippen LogP contribution >= 0.6 is 0 Å². The van der Waals surface area contributed by atoms with Gasteiger partial charge >= 0.3 is 6.09 Å². The molecule has 0 aromatic carbocycles. The van der Waals surface area contributed by atoms with Crippen LogP contribution < -0.4 is 16.0 Å². The third-order valence-corrected chi connectivity index (χ3v) is 9.86. The third kappa shape index (κ3) is 6.78. The summed E-state index contributed by atoms with van der Waals surface area (Å²) in [6.45, 7) is 11.0. The van der Waals surface area contributed by atoms with Crippen molar-refractivity contribution in [2.45, 2.75) is 123 Å². The molecule has 4 N–H and O–H groups in total. The molecule has 0 bridgehead atoms. The predicted octanol–water partition coefficient (Wildman–Crippen LogP) is 6.43. The van der Waals surface area contributed by atoms with Crippen LogP contribution in [0.25, 0.3) is 11.2 Å². The first kappa shape index (κ1) is 29.6. The van der Waals surface area contributed by atoms with Crippen LogP contribution in [-0.2, 0) is 6.54 Å². The second kappa shape index (κ2) is 12.9. The highest BCUT2D eigenvalue weighted by Crippen LogP contribution is 2.38.